The van der Waals surface area contributed by atoms with Crippen LogP contribution in [0.4, 0.5) is 0 Å². The SMILES string of the molecule is CS(=O)(=O)N1CCC(C(=O)NC(CCCc2ccccc2)c2ccccc2)CC1. The van der Waals surface area contributed by atoms with Crippen molar-refractivity contribution in [2.75, 3.05) is 19.3 Å². The van der Waals surface area contributed by atoms with Gasteiger partial charge in [-0.05, 0) is 43.2 Å². The van der Waals surface area contributed by atoms with Crippen LogP contribution in [-0.2, 0) is 21.2 Å². The lowest BCUT2D eigenvalue weighted by Crippen LogP contribution is -2.43. The first-order valence-electron chi connectivity index (χ1n) is 10.3. The predicted molar refractivity (Wildman–Crippen MR) is 116 cm³/mol. The van der Waals surface area contributed by atoms with E-state index in [0.717, 1.165) is 24.8 Å². The highest BCUT2D eigenvalue weighted by molar-refractivity contribution is 7.88. The van der Waals surface area contributed by atoms with Crippen LogP contribution in [0.15, 0.2) is 60.7 Å². The Morgan fingerprint density at radius 3 is 2.21 bits per heavy atom. The molecule has 1 heterocycles. The van der Waals surface area contributed by atoms with Crippen LogP contribution in [0.1, 0.15) is 42.9 Å². The Balaban J connectivity index is 1.59. The van der Waals surface area contributed by atoms with Gasteiger partial charge in [0.2, 0.25) is 15.9 Å². The van der Waals surface area contributed by atoms with Crippen molar-refractivity contribution < 1.29 is 13.2 Å². The highest BCUT2D eigenvalue weighted by Gasteiger charge is 2.30. The fourth-order valence-corrected chi connectivity index (χ4v) is 4.78. The topological polar surface area (TPSA) is 66.5 Å². The van der Waals surface area contributed by atoms with E-state index < -0.39 is 10.0 Å². The van der Waals surface area contributed by atoms with Gasteiger partial charge in [0.05, 0.1) is 12.3 Å². The average molecular weight is 415 g/mol. The fourth-order valence-electron chi connectivity index (χ4n) is 3.90. The Labute approximate surface area is 174 Å². The van der Waals surface area contributed by atoms with Crippen LogP contribution in [-0.4, -0.2) is 38.0 Å². The van der Waals surface area contributed by atoms with E-state index in [2.05, 4.69) is 41.7 Å². The summed E-state index contributed by atoms with van der Waals surface area (Å²) in [4.78, 5) is 12.9. The molecule has 29 heavy (non-hydrogen) atoms. The molecular formula is C23H30N2O3S. The summed E-state index contributed by atoms with van der Waals surface area (Å²) in [5.74, 6) is -0.0972. The molecule has 1 N–H and O–H groups in total. The molecule has 2 aromatic carbocycles. The molecule has 1 aliphatic heterocycles. The molecule has 0 aliphatic carbocycles. The van der Waals surface area contributed by atoms with Crippen molar-refractivity contribution >= 4 is 15.9 Å². The van der Waals surface area contributed by atoms with Crippen LogP contribution in [0.25, 0.3) is 0 Å². The van der Waals surface area contributed by atoms with Crippen molar-refractivity contribution in [3.8, 4) is 0 Å². The quantitative estimate of drug-likeness (QED) is 0.718. The predicted octanol–water partition coefficient (Wildman–Crippen LogP) is 3.54. The molecule has 1 fully saturated rings. The lowest BCUT2D eigenvalue weighted by molar-refractivity contribution is -0.127. The summed E-state index contributed by atoms with van der Waals surface area (Å²) in [6.07, 6.45) is 5.20. The zero-order valence-electron chi connectivity index (χ0n) is 17.0. The number of amides is 1. The summed E-state index contributed by atoms with van der Waals surface area (Å²) < 4.78 is 24.8. The maximum Gasteiger partial charge on any atom is 0.223 e. The van der Waals surface area contributed by atoms with Crippen LogP contribution < -0.4 is 5.32 Å². The lowest BCUT2D eigenvalue weighted by atomic mass is 9.94. The second-order valence-corrected chi connectivity index (χ2v) is 9.77. The third kappa shape index (κ3) is 6.41. The molecule has 6 heteroatoms. The van der Waals surface area contributed by atoms with Gasteiger partial charge < -0.3 is 5.32 Å². The van der Waals surface area contributed by atoms with Crippen LogP contribution in [0.2, 0.25) is 0 Å². The number of nitrogens with one attached hydrogen (secondary N) is 1. The molecule has 1 saturated heterocycles. The van der Waals surface area contributed by atoms with Gasteiger partial charge in [0.25, 0.3) is 0 Å². The Morgan fingerprint density at radius 1 is 1.03 bits per heavy atom. The third-order valence-electron chi connectivity index (χ3n) is 5.61. The largest absolute Gasteiger partial charge is 0.349 e. The number of carbonyl (C=O) groups is 1. The third-order valence-corrected chi connectivity index (χ3v) is 6.92. The second-order valence-electron chi connectivity index (χ2n) is 7.79. The number of carbonyl (C=O) groups excluding carboxylic acids is 1. The van der Waals surface area contributed by atoms with Gasteiger partial charge in [0, 0.05) is 19.0 Å². The van der Waals surface area contributed by atoms with E-state index in [0.29, 0.717) is 25.9 Å². The molecule has 156 valence electrons. The number of benzene rings is 2. The summed E-state index contributed by atoms with van der Waals surface area (Å²) >= 11 is 0. The molecular weight excluding hydrogens is 384 g/mol. The Bertz CT molecular complexity index is 877. The summed E-state index contributed by atoms with van der Waals surface area (Å²) in [7, 11) is -3.18. The van der Waals surface area contributed by atoms with Crippen molar-refractivity contribution in [3.05, 3.63) is 71.8 Å². The number of hydrogen-bond donors (Lipinski definition) is 1. The van der Waals surface area contributed by atoms with Gasteiger partial charge in [-0.3, -0.25) is 4.79 Å². The molecule has 1 unspecified atom stereocenters. The van der Waals surface area contributed by atoms with Gasteiger partial charge in [-0.1, -0.05) is 60.7 Å². The van der Waals surface area contributed by atoms with E-state index >= 15 is 0 Å². The molecule has 2 aromatic rings. The number of rotatable bonds is 8. The fraction of sp³-hybridized carbons (Fsp3) is 0.435. The smallest absolute Gasteiger partial charge is 0.223 e. The van der Waals surface area contributed by atoms with E-state index in [-0.39, 0.29) is 17.9 Å². The van der Waals surface area contributed by atoms with Gasteiger partial charge in [-0.25, -0.2) is 12.7 Å². The van der Waals surface area contributed by atoms with Crippen LogP contribution in [0.3, 0.4) is 0 Å². The van der Waals surface area contributed by atoms with E-state index in [1.807, 2.05) is 24.3 Å². The first kappa shape index (κ1) is 21.5. The van der Waals surface area contributed by atoms with Crippen LogP contribution >= 0.6 is 0 Å². The van der Waals surface area contributed by atoms with Crippen molar-refractivity contribution in [2.24, 2.45) is 5.92 Å². The highest BCUT2D eigenvalue weighted by atomic mass is 32.2. The van der Waals surface area contributed by atoms with Crippen LogP contribution in [0, 0.1) is 5.92 Å². The number of nitrogens with zero attached hydrogens (tertiary/aromatic N) is 1. The summed E-state index contributed by atoms with van der Waals surface area (Å²) in [6, 6.07) is 20.4. The Hall–Kier alpha value is -2.18. The van der Waals surface area contributed by atoms with Gasteiger partial charge in [0.1, 0.15) is 0 Å². The van der Waals surface area contributed by atoms with Gasteiger partial charge in [-0.2, -0.15) is 0 Å². The number of aryl methyl sites for hydroxylation is 1. The molecule has 0 radical (unpaired) electrons. The van der Waals surface area contributed by atoms with Gasteiger partial charge in [-0.15, -0.1) is 0 Å². The standard InChI is InChI=1S/C23H30N2O3S/c1-29(27,28)25-17-15-21(16-18-25)23(26)24-22(20-12-6-3-7-13-20)14-8-11-19-9-4-2-5-10-19/h2-7,9-10,12-13,21-22H,8,11,14-18H2,1H3,(H,24,26). The number of piperidine rings is 1. The molecule has 0 saturated carbocycles. The molecule has 0 spiro atoms. The van der Waals surface area contributed by atoms with Crippen LogP contribution in [0.5, 0.6) is 0 Å². The summed E-state index contributed by atoms with van der Waals surface area (Å²) in [5.41, 5.74) is 2.42. The minimum absolute atomic E-state index is 0.0275. The minimum atomic E-state index is -3.18. The molecule has 1 aliphatic rings. The molecule has 0 bridgehead atoms. The molecule has 1 atom stereocenters. The zero-order chi connectivity index (χ0) is 20.7. The molecule has 0 aromatic heterocycles. The van der Waals surface area contributed by atoms with E-state index in [1.54, 1.807) is 0 Å². The van der Waals surface area contributed by atoms with Crippen molar-refractivity contribution in [3.63, 3.8) is 0 Å². The van der Waals surface area contributed by atoms with Crippen molar-refractivity contribution in [1.29, 1.82) is 0 Å². The second kappa shape index (κ2) is 10.0. The number of sulfonamides is 1. The normalized spacial score (nSPS) is 17.0. The Morgan fingerprint density at radius 2 is 1.62 bits per heavy atom. The monoisotopic (exact) mass is 414 g/mol. The summed E-state index contributed by atoms with van der Waals surface area (Å²) in [5, 5.41) is 3.24. The highest BCUT2D eigenvalue weighted by Crippen LogP contribution is 2.24. The zero-order valence-corrected chi connectivity index (χ0v) is 17.8. The summed E-state index contributed by atoms with van der Waals surface area (Å²) in [6.45, 7) is 0.835. The van der Waals surface area contributed by atoms with Crippen molar-refractivity contribution in [1.82, 2.24) is 9.62 Å². The maximum absolute atomic E-state index is 12.9. The lowest BCUT2D eigenvalue weighted by Gasteiger charge is -2.30. The first-order valence-corrected chi connectivity index (χ1v) is 12.1. The number of hydrogen-bond acceptors (Lipinski definition) is 3. The molecule has 1 amide bonds. The first-order chi connectivity index (χ1) is 13.9. The van der Waals surface area contributed by atoms with E-state index in [1.165, 1.54) is 16.1 Å². The molecule has 5 nitrogen and oxygen atoms in total. The molecule has 3 rings (SSSR count). The average Bonchev–Trinajstić information content (AvgIpc) is 2.74. The Kier molecular flexibility index (Phi) is 7.45. The maximum atomic E-state index is 12.9. The van der Waals surface area contributed by atoms with Gasteiger partial charge in [0.15, 0.2) is 0 Å². The van der Waals surface area contributed by atoms with E-state index in [4.69, 9.17) is 0 Å². The van der Waals surface area contributed by atoms with Gasteiger partial charge >= 0.3 is 0 Å². The van der Waals surface area contributed by atoms with E-state index in [9.17, 15) is 13.2 Å². The van der Waals surface area contributed by atoms with Crippen molar-refractivity contribution in [2.45, 2.75) is 38.1 Å². The minimum Gasteiger partial charge on any atom is -0.349 e.